The molecule has 1 atom stereocenters. The van der Waals surface area contributed by atoms with E-state index in [1.165, 1.54) is 19.3 Å². The van der Waals surface area contributed by atoms with Crippen molar-refractivity contribution in [2.45, 2.75) is 40.0 Å². The zero-order chi connectivity index (χ0) is 16.2. The second-order valence-corrected chi connectivity index (χ2v) is 6.50. The molecule has 1 saturated heterocycles. The molecule has 0 spiro atoms. The minimum Gasteiger partial charge on any atom is -0.356 e. The largest absolute Gasteiger partial charge is 0.356 e. The molecule has 3 rings (SSSR count). The summed E-state index contributed by atoms with van der Waals surface area (Å²) in [5.41, 5.74) is 1.99. The molecule has 0 saturated carbocycles. The van der Waals surface area contributed by atoms with E-state index < -0.39 is 0 Å². The first kappa shape index (κ1) is 15.9. The Morgan fingerprint density at radius 2 is 2.09 bits per heavy atom. The normalized spacial score (nSPS) is 17.9. The highest BCUT2D eigenvalue weighted by Crippen LogP contribution is 2.31. The van der Waals surface area contributed by atoms with Crippen molar-refractivity contribution in [3.8, 4) is 11.4 Å². The maximum Gasteiger partial charge on any atom is 0.163 e. The first-order valence-electron chi connectivity index (χ1n) is 8.72. The molecule has 1 fully saturated rings. The van der Waals surface area contributed by atoms with E-state index in [1.807, 2.05) is 25.3 Å². The van der Waals surface area contributed by atoms with E-state index in [0.29, 0.717) is 0 Å². The lowest BCUT2D eigenvalue weighted by Gasteiger charge is -2.22. The van der Waals surface area contributed by atoms with E-state index in [1.54, 1.807) is 6.20 Å². The van der Waals surface area contributed by atoms with Crippen molar-refractivity contribution in [3.63, 3.8) is 0 Å². The Kier molecular flexibility index (Phi) is 4.89. The monoisotopic (exact) mass is 310 g/mol. The van der Waals surface area contributed by atoms with Gasteiger partial charge in [-0.05, 0) is 37.3 Å². The Bertz CT molecular complexity index is 637. The maximum atomic E-state index is 4.81. The van der Waals surface area contributed by atoms with E-state index in [4.69, 9.17) is 4.98 Å². The van der Waals surface area contributed by atoms with Crippen LogP contribution in [0.2, 0.25) is 0 Å². The van der Waals surface area contributed by atoms with Gasteiger partial charge in [0.2, 0.25) is 0 Å². The van der Waals surface area contributed by atoms with Crippen LogP contribution < -0.4 is 4.90 Å². The van der Waals surface area contributed by atoms with Crippen LogP contribution in [0.25, 0.3) is 11.4 Å². The molecule has 1 aliphatic heterocycles. The maximum absolute atomic E-state index is 4.81. The molecule has 1 unspecified atom stereocenters. The molecule has 0 amide bonds. The van der Waals surface area contributed by atoms with Crippen LogP contribution in [0.15, 0.2) is 30.6 Å². The summed E-state index contributed by atoms with van der Waals surface area (Å²) in [6.45, 7) is 8.89. The zero-order valence-corrected chi connectivity index (χ0v) is 14.4. The van der Waals surface area contributed by atoms with Crippen molar-refractivity contribution in [3.05, 3.63) is 36.3 Å². The van der Waals surface area contributed by atoms with Crippen molar-refractivity contribution in [1.82, 2.24) is 15.0 Å². The SMILES string of the molecule is CCC(CC)C1CCN(c2cc(C)nc(-c3cccnc3)n2)C1. The van der Waals surface area contributed by atoms with Gasteiger partial charge in [-0.3, -0.25) is 4.98 Å². The Morgan fingerprint density at radius 1 is 1.26 bits per heavy atom. The van der Waals surface area contributed by atoms with Gasteiger partial charge in [-0.1, -0.05) is 26.7 Å². The summed E-state index contributed by atoms with van der Waals surface area (Å²) in [6, 6.07) is 6.05. The van der Waals surface area contributed by atoms with E-state index in [-0.39, 0.29) is 0 Å². The molecule has 2 aromatic heterocycles. The van der Waals surface area contributed by atoms with Gasteiger partial charge in [0.15, 0.2) is 5.82 Å². The van der Waals surface area contributed by atoms with Crippen LogP contribution in [0.4, 0.5) is 5.82 Å². The van der Waals surface area contributed by atoms with Crippen molar-refractivity contribution in [1.29, 1.82) is 0 Å². The van der Waals surface area contributed by atoms with Gasteiger partial charge in [-0.25, -0.2) is 9.97 Å². The number of hydrogen-bond acceptors (Lipinski definition) is 4. The van der Waals surface area contributed by atoms with Crippen LogP contribution in [-0.4, -0.2) is 28.0 Å². The van der Waals surface area contributed by atoms with Gasteiger partial charge in [-0.2, -0.15) is 0 Å². The predicted molar refractivity (Wildman–Crippen MR) is 94.4 cm³/mol. The fraction of sp³-hybridized carbons (Fsp3) is 0.526. The van der Waals surface area contributed by atoms with Crippen molar-refractivity contribution >= 4 is 5.82 Å². The molecule has 0 aliphatic carbocycles. The van der Waals surface area contributed by atoms with Gasteiger partial charge in [0.25, 0.3) is 0 Å². The second-order valence-electron chi connectivity index (χ2n) is 6.50. The number of aromatic nitrogens is 3. The van der Waals surface area contributed by atoms with Gasteiger partial charge in [0.05, 0.1) is 0 Å². The molecule has 0 aromatic carbocycles. The molecule has 3 heterocycles. The molecule has 23 heavy (non-hydrogen) atoms. The molecule has 0 bridgehead atoms. The number of rotatable bonds is 5. The lowest BCUT2D eigenvalue weighted by atomic mass is 9.87. The molecule has 2 aromatic rings. The highest BCUT2D eigenvalue weighted by molar-refractivity contribution is 5.57. The Labute approximate surface area is 139 Å². The first-order valence-corrected chi connectivity index (χ1v) is 8.72. The Hall–Kier alpha value is -1.97. The van der Waals surface area contributed by atoms with E-state index in [9.17, 15) is 0 Å². The molecule has 122 valence electrons. The van der Waals surface area contributed by atoms with E-state index in [2.05, 4.69) is 34.8 Å². The van der Waals surface area contributed by atoms with Crippen LogP contribution in [0.5, 0.6) is 0 Å². The quantitative estimate of drug-likeness (QED) is 0.833. The predicted octanol–water partition coefficient (Wildman–Crippen LogP) is 4.11. The molecule has 0 radical (unpaired) electrons. The van der Waals surface area contributed by atoms with Gasteiger partial charge in [-0.15, -0.1) is 0 Å². The topological polar surface area (TPSA) is 41.9 Å². The second kappa shape index (κ2) is 7.07. The van der Waals surface area contributed by atoms with E-state index in [0.717, 1.165) is 47.8 Å². The molecule has 1 aliphatic rings. The number of anilines is 1. The van der Waals surface area contributed by atoms with Crippen LogP contribution in [-0.2, 0) is 0 Å². The molecule has 0 N–H and O–H groups in total. The summed E-state index contributed by atoms with van der Waals surface area (Å²) in [5, 5.41) is 0. The summed E-state index contributed by atoms with van der Waals surface area (Å²) in [5.74, 6) is 3.46. The van der Waals surface area contributed by atoms with Gasteiger partial charge in [0.1, 0.15) is 5.82 Å². The van der Waals surface area contributed by atoms with Gasteiger partial charge < -0.3 is 4.90 Å². The van der Waals surface area contributed by atoms with Crippen molar-refractivity contribution in [2.75, 3.05) is 18.0 Å². The highest BCUT2D eigenvalue weighted by Gasteiger charge is 2.28. The van der Waals surface area contributed by atoms with Crippen molar-refractivity contribution < 1.29 is 0 Å². The van der Waals surface area contributed by atoms with Crippen molar-refractivity contribution in [2.24, 2.45) is 11.8 Å². The van der Waals surface area contributed by atoms with Crippen LogP contribution >= 0.6 is 0 Å². The molecule has 4 nitrogen and oxygen atoms in total. The minimum atomic E-state index is 0.777. The zero-order valence-electron chi connectivity index (χ0n) is 14.4. The molecular weight excluding hydrogens is 284 g/mol. The Balaban J connectivity index is 1.83. The van der Waals surface area contributed by atoms with Crippen LogP contribution in [0.1, 0.15) is 38.8 Å². The fourth-order valence-electron chi connectivity index (χ4n) is 3.67. The summed E-state index contributed by atoms with van der Waals surface area (Å²) in [7, 11) is 0. The third-order valence-electron chi connectivity index (χ3n) is 5.02. The highest BCUT2D eigenvalue weighted by atomic mass is 15.2. The summed E-state index contributed by atoms with van der Waals surface area (Å²) in [4.78, 5) is 16.0. The summed E-state index contributed by atoms with van der Waals surface area (Å²) in [6.07, 6.45) is 7.44. The Morgan fingerprint density at radius 3 is 2.78 bits per heavy atom. The summed E-state index contributed by atoms with van der Waals surface area (Å²) < 4.78 is 0. The number of pyridine rings is 1. The molecule has 4 heteroatoms. The average molecular weight is 310 g/mol. The van der Waals surface area contributed by atoms with E-state index >= 15 is 0 Å². The lowest BCUT2D eigenvalue weighted by molar-refractivity contribution is 0.339. The van der Waals surface area contributed by atoms with Crippen LogP contribution in [0, 0.1) is 18.8 Å². The first-order chi connectivity index (χ1) is 11.2. The summed E-state index contributed by atoms with van der Waals surface area (Å²) >= 11 is 0. The number of aryl methyl sites for hydroxylation is 1. The third-order valence-corrected chi connectivity index (χ3v) is 5.02. The lowest BCUT2D eigenvalue weighted by Crippen LogP contribution is -2.23. The standard InChI is InChI=1S/C19H26N4/c1-4-15(5-2)17-8-10-23(13-17)18-11-14(3)21-19(22-18)16-7-6-9-20-12-16/h6-7,9,11-12,15,17H,4-5,8,10,13H2,1-3H3. The number of hydrogen-bond donors (Lipinski definition) is 0. The van der Waals surface area contributed by atoms with Gasteiger partial charge in [0, 0.05) is 42.8 Å². The van der Waals surface area contributed by atoms with Gasteiger partial charge >= 0.3 is 0 Å². The average Bonchev–Trinajstić information content (AvgIpc) is 3.06. The fourth-order valence-corrected chi connectivity index (χ4v) is 3.67. The van der Waals surface area contributed by atoms with Crippen LogP contribution in [0.3, 0.4) is 0 Å². The third kappa shape index (κ3) is 3.52. The molecular formula is C19H26N4. The number of nitrogens with zero attached hydrogens (tertiary/aromatic N) is 4. The minimum absolute atomic E-state index is 0.777. The smallest absolute Gasteiger partial charge is 0.163 e.